The molecular weight excluding hydrogens is 326 g/mol. The van der Waals surface area contributed by atoms with Crippen LogP contribution in [0.3, 0.4) is 0 Å². The average Bonchev–Trinajstić information content (AvgIpc) is 3.18. The third kappa shape index (κ3) is 5.69. The zero-order valence-electron chi connectivity index (χ0n) is 14.0. The summed E-state index contributed by atoms with van der Waals surface area (Å²) in [4.78, 5) is 19.6. The van der Waals surface area contributed by atoms with Gasteiger partial charge in [0.25, 0.3) is 0 Å². The summed E-state index contributed by atoms with van der Waals surface area (Å²) in [5.74, 6) is 1.61. The minimum Gasteiger partial charge on any atom is -0.458 e. The Morgan fingerprint density at radius 2 is 2.25 bits per heavy atom. The van der Waals surface area contributed by atoms with Crippen LogP contribution in [0.4, 0.5) is 5.13 Å². The molecule has 0 aromatic carbocycles. The molecule has 0 bridgehead atoms. The first-order chi connectivity index (χ1) is 11.6. The fraction of sp³-hybridized carbons (Fsp3) is 0.438. The van der Waals surface area contributed by atoms with Crippen molar-refractivity contribution < 1.29 is 9.21 Å². The highest BCUT2D eigenvalue weighted by Crippen LogP contribution is 2.26. The van der Waals surface area contributed by atoms with Crippen LogP contribution in [0.1, 0.15) is 38.9 Å². The minimum absolute atomic E-state index is 0.0956. The van der Waals surface area contributed by atoms with Crippen molar-refractivity contribution in [2.75, 3.05) is 11.9 Å². The monoisotopic (exact) mass is 349 g/mol. The molecule has 1 amide bonds. The first kappa shape index (κ1) is 18.0. The smallest absolute Gasteiger partial charge is 0.217 e. The summed E-state index contributed by atoms with van der Waals surface area (Å²) in [5, 5.41) is 8.23. The zero-order chi connectivity index (χ0) is 17.4. The van der Waals surface area contributed by atoms with E-state index in [1.54, 1.807) is 0 Å². The summed E-state index contributed by atoms with van der Waals surface area (Å²) >= 11 is 1.43. The predicted octanol–water partition coefficient (Wildman–Crippen LogP) is 2.96. The highest BCUT2D eigenvalue weighted by Gasteiger charge is 2.10. The largest absolute Gasteiger partial charge is 0.458 e. The Bertz CT molecular complexity index is 692. The van der Waals surface area contributed by atoms with Crippen molar-refractivity contribution in [2.45, 2.75) is 39.7 Å². The maximum Gasteiger partial charge on any atom is 0.217 e. The number of thiazole rings is 1. The molecule has 2 rings (SSSR count). The number of carbonyl (C=O) groups is 1. The number of anilines is 1. The number of hydrogen-bond acceptors (Lipinski definition) is 5. The van der Waals surface area contributed by atoms with Crippen molar-refractivity contribution in [3.63, 3.8) is 0 Å². The number of nitrogens with two attached hydrogens (primary N) is 1. The van der Waals surface area contributed by atoms with Gasteiger partial charge >= 0.3 is 0 Å². The van der Waals surface area contributed by atoms with Crippen LogP contribution < -0.4 is 16.4 Å². The number of nitrogens with zero attached hydrogens (tertiary/aromatic N) is 2. The maximum absolute atomic E-state index is 10.9. The standard InChI is InChI=1S/C16H23N5O2S/c1-3-4-5-8-18-15(17)21-16-20-13(10-24-16)14-7-6-12(23-14)9-19-11(2)22/h6-7,10H,3-5,8-9H2,1-2H3,(H,19,22)(H3,17,18,20,21). The van der Waals surface area contributed by atoms with E-state index in [1.165, 1.54) is 18.3 Å². The third-order valence-electron chi connectivity index (χ3n) is 3.21. The van der Waals surface area contributed by atoms with E-state index in [0.717, 1.165) is 31.5 Å². The third-order valence-corrected chi connectivity index (χ3v) is 3.97. The molecular formula is C16H23N5O2S. The molecule has 2 heterocycles. The van der Waals surface area contributed by atoms with E-state index in [1.807, 2.05) is 17.5 Å². The molecule has 7 nitrogen and oxygen atoms in total. The van der Waals surface area contributed by atoms with E-state index in [0.29, 0.717) is 29.2 Å². The lowest BCUT2D eigenvalue weighted by Gasteiger charge is -2.01. The number of nitrogens with one attached hydrogen (secondary N) is 2. The van der Waals surface area contributed by atoms with Crippen molar-refractivity contribution in [1.82, 2.24) is 10.3 Å². The number of guanidine groups is 1. The molecule has 0 saturated carbocycles. The second-order valence-corrected chi connectivity index (χ2v) is 6.17. The first-order valence-corrected chi connectivity index (χ1v) is 8.82. The Kier molecular flexibility index (Phi) is 6.80. The first-order valence-electron chi connectivity index (χ1n) is 7.94. The number of amides is 1. The molecule has 0 saturated heterocycles. The molecule has 0 aliphatic carbocycles. The second-order valence-electron chi connectivity index (χ2n) is 5.31. The van der Waals surface area contributed by atoms with E-state index < -0.39 is 0 Å². The molecule has 2 aromatic heterocycles. The molecule has 130 valence electrons. The Morgan fingerprint density at radius 1 is 1.42 bits per heavy atom. The van der Waals surface area contributed by atoms with Gasteiger partial charge in [-0.3, -0.25) is 9.79 Å². The Balaban J connectivity index is 1.91. The fourth-order valence-corrected chi connectivity index (χ4v) is 2.68. The SMILES string of the molecule is CCCCCN=C(N)Nc1nc(-c2ccc(CNC(C)=O)o2)cs1. The van der Waals surface area contributed by atoms with Gasteiger partial charge in [0.1, 0.15) is 11.5 Å². The van der Waals surface area contributed by atoms with E-state index in [-0.39, 0.29) is 5.91 Å². The lowest BCUT2D eigenvalue weighted by Crippen LogP contribution is -2.22. The van der Waals surface area contributed by atoms with Crippen LogP contribution in [0.25, 0.3) is 11.5 Å². The van der Waals surface area contributed by atoms with Gasteiger partial charge < -0.3 is 20.8 Å². The number of hydrogen-bond donors (Lipinski definition) is 3. The summed E-state index contributed by atoms with van der Waals surface area (Å²) in [7, 11) is 0. The molecule has 4 N–H and O–H groups in total. The topological polar surface area (TPSA) is 106 Å². The van der Waals surface area contributed by atoms with Gasteiger partial charge in [0.05, 0.1) is 6.54 Å². The zero-order valence-corrected chi connectivity index (χ0v) is 14.8. The predicted molar refractivity (Wildman–Crippen MR) is 97.0 cm³/mol. The van der Waals surface area contributed by atoms with Crippen LogP contribution in [0.5, 0.6) is 0 Å². The summed E-state index contributed by atoms with van der Waals surface area (Å²) < 4.78 is 5.67. The molecule has 0 aliphatic heterocycles. The van der Waals surface area contributed by atoms with Gasteiger partial charge in [0.2, 0.25) is 5.91 Å². The van der Waals surface area contributed by atoms with Crippen LogP contribution in [0.2, 0.25) is 0 Å². The average molecular weight is 349 g/mol. The van der Waals surface area contributed by atoms with Crippen LogP contribution >= 0.6 is 11.3 Å². The summed E-state index contributed by atoms with van der Waals surface area (Å²) in [5.41, 5.74) is 6.57. The Hall–Kier alpha value is -2.35. The Morgan fingerprint density at radius 3 is 3.00 bits per heavy atom. The molecule has 24 heavy (non-hydrogen) atoms. The number of aromatic nitrogens is 1. The molecule has 0 unspecified atom stereocenters. The number of rotatable bonds is 8. The van der Waals surface area contributed by atoms with Crippen molar-refractivity contribution in [3.8, 4) is 11.5 Å². The van der Waals surface area contributed by atoms with Crippen LogP contribution in [0.15, 0.2) is 26.9 Å². The van der Waals surface area contributed by atoms with Crippen molar-refractivity contribution in [2.24, 2.45) is 10.7 Å². The van der Waals surface area contributed by atoms with Crippen LogP contribution in [0, 0.1) is 0 Å². The minimum atomic E-state index is -0.0956. The lowest BCUT2D eigenvalue weighted by atomic mass is 10.2. The van der Waals surface area contributed by atoms with Gasteiger partial charge in [-0.25, -0.2) is 4.98 Å². The molecule has 0 atom stereocenters. The summed E-state index contributed by atoms with van der Waals surface area (Å²) in [6, 6.07) is 3.65. The van der Waals surface area contributed by atoms with Gasteiger partial charge in [-0.2, -0.15) is 0 Å². The molecule has 0 spiro atoms. The van der Waals surface area contributed by atoms with Crippen LogP contribution in [-0.4, -0.2) is 23.4 Å². The van der Waals surface area contributed by atoms with E-state index in [2.05, 4.69) is 27.5 Å². The number of aliphatic imine (C=N–C) groups is 1. The van der Waals surface area contributed by atoms with Gasteiger partial charge in [-0.05, 0) is 18.6 Å². The fourth-order valence-electron chi connectivity index (χ4n) is 1.98. The van der Waals surface area contributed by atoms with E-state index in [9.17, 15) is 4.79 Å². The summed E-state index contributed by atoms with van der Waals surface area (Å²) in [6.45, 7) is 4.70. The van der Waals surface area contributed by atoms with E-state index >= 15 is 0 Å². The molecule has 2 aromatic rings. The van der Waals surface area contributed by atoms with Gasteiger partial charge in [-0.15, -0.1) is 11.3 Å². The quantitative estimate of drug-likeness (QED) is 0.386. The van der Waals surface area contributed by atoms with Gasteiger partial charge in [-0.1, -0.05) is 19.8 Å². The Labute approximate surface area is 145 Å². The molecule has 0 aliphatic rings. The van der Waals surface area contributed by atoms with Crippen molar-refractivity contribution in [1.29, 1.82) is 0 Å². The molecule has 0 fully saturated rings. The number of carbonyl (C=O) groups excluding carboxylic acids is 1. The van der Waals surface area contributed by atoms with Gasteiger partial charge in [0.15, 0.2) is 16.9 Å². The highest BCUT2D eigenvalue weighted by molar-refractivity contribution is 7.14. The summed E-state index contributed by atoms with van der Waals surface area (Å²) in [6.07, 6.45) is 3.34. The van der Waals surface area contributed by atoms with Crippen molar-refractivity contribution in [3.05, 3.63) is 23.3 Å². The number of unbranched alkanes of at least 4 members (excludes halogenated alkanes) is 2. The molecule has 8 heteroatoms. The lowest BCUT2D eigenvalue weighted by molar-refractivity contribution is -0.119. The van der Waals surface area contributed by atoms with E-state index in [4.69, 9.17) is 10.2 Å². The maximum atomic E-state index is 10.9. The van der Waals surface area contributed by atoms with Crippen LogP contribution in [-0.2, 0) is 11.3 Å². The highest BCUT2D eigenvalue weighted by atomic mass is 32.1. The van der Waals surface area contributed by atoms with Crippen molar-refractivity contribution >= 4 is 28.3 Å². The van der Waals surface area contributed by atoms with Gasteiger partial charge in [0, 0.05) is 18.8 Å². The second kappa shape index (κ2) is 9.07. The number of furan rings is 1. The normalized spacial score (nSPS) is 11.5. The molecule has 0 radical (unpaired) electrons.